The summed E-state index contributed by atoms with van der Waals surface area (Å²) in [5.41, 5.74) is 5.30. The Bertz CT molecular complexity index is 1530. The van der Waals surface area contributed by atoms with Crippen LogP contribution in [0, 0.1) is 3.83 Å². The van der Waals surface area contributed by atoms with E-state index in [9.17, 15) is 4.79 Å². The maximum Gasteiger partial charge on any atom is 0.317 e. The monoisotopic (exact) mass is 573 g/mol. The zero-order valence-corrected chi connectivity index (χ0v) is 20.8. The lowest BCUT2D eigenvalue weighted by molar-refractivity contribution is -0.151. The van der Waals surface area contributed by atoms with Crippen LogP contribution in [-0.2, 0) is 34.4 Å². The summed E-state index contributed by atoms with van der Waals surface area (Å²) in [6.07, 6.45) is 4.58. The Balaban J connectivity index is 1.42. The van der Waals surface area contributed by atoms with E-state index in [0.29, 0.717) is 33.7 Å². The first-order valence-electron chi connectivity index (χ1n) is 11.2. The summed E-state index contributed by atoms with van der Waals surface area (Å²) in [4.78, 5) is 27.4. The number of aromatic amines is 1. The van der Waals surface area contributed by atoms with Gasteiger partial charge >= 0.3 is 5.97 Å². The molecule has 1 N–H and O–H groups in total. The number of rotatable bonds is 5. The minimum atomic E-state index is -0.841. The number of esters is 1. The minimum Gasteiger partial charge on any atom is -0.460 e. The Morgan fingerprint density at radius 2 is 1.74 bits per heavy atom. The summed E-state index contributed by atoms with van der Waals surface area (Å²) < 4.78 is 6.51. The van der Waals surface area contributed by atoms with Gasteiger partial charge in [-0.1, -0.05) is 54.6 Å². The topological polar surface area (TPSA) is 93.6 Å². The molecule has 5 aromatic rings. The number of hydrogen-bond acceptors (Lipinski definition) is 6. The summed E-state index contributed by atoms with van der Waals surface area (Å²) in [5, 5.41) is 7.80. The van der Waals surface area contributed by atoms with Crippen LogP contribution in [0.1, 0.15) is 22.3 Å². The Morgan fingerprint density at radius 1 is 1.00 bits per heavy atom. The highest BCUT2D eigenvalue weighted by Crippen LogP contribution is 2.42. The Hall–Kier alpha value is -3.66. The smallest absolute Gasteiger partial charge is 0.317 e. The van der Waals surface area contributed by atoms with Gasteiger partial charge in [0.25, 0.3) is 0 Å². The molecule has 0 radical (unpaired) electrons. The number of carbonyl (C=O) groups is 1. The first-order valence-corrected chi connectivity index (χ1v) is 12.3. The number of halogens is 1. The molecule has 7 nitrogen and oxygen atoms in total. The number of nitrogens with one attached hydrogen (secondary N) is 1. The lowest BCUT2D eigenvalue weighted by Gasteiger charge is -2.27. The number of H-pyrrole nitrogens is 1. The third-order valence-electron chi connectivity index (χ3n) is 6.54. The normalized spacial score (nSPS) is 14.1. The fraction of sp³-hybridized carbons (Fsp3) is 0.148. The van der Waals surface area contributed by atoms with Crippen molar-refractivity contribution in [2.45, 2.75) is 24.9 Å². The van der Waals surface area contributed by atoms with Crippen molar-refractivity contribution >= 4 is 39.6 Å². The van der Waals surface area contributed by atoms with E-state index >= 15 is 0 Å². The summed E-state index contributed by atoms with van der Waals surface area (Å²) in [6.45, 7) is 0.232. The predicted molar refractivity (Wildman–Crippen MR) is 139 cm³/mol. The number of aromatic nitrogens is 5. The average Bonchev–Trinajstić information content (AvgIpc) is 3.53. The van der Waals surface area contributed by atoms with E-state index in [1.165, 1.54) is 0 Å². The van der Waals surface area contributed by atoms with Gasteiger partial charge in [0.1, 0.15) is 17.7 Å². The summed E-state index contributed by atoms with van der Waals surface area (Å²) in [5.74, 6) is -0.236. The average molecular weight is 573 g/mol. The fourth-order valence-electron chi connectivity index (χ4n) is 4.80. The van der Waals surface area contributed by atoms with Gasteiger partial charge in [-0.3, -0.25) is 14.9 Å². The maximum absolute atomic E-state index is 13.8. The molecule has 35 heavy (non-hydrogen) atoms. The molecule has 0 saturated heterocycles. The van der Waals surface area contributed by atoms with Crippen LogP contribution in [0.3, 0.4) is 0 Å². The zero-order chi connectivity index (χ0) is 23.8. The highest BCUT2D eigenvalue weighted by molar-refractivity contribution is 14.1. The van der Waals surface area contributed by atoms with Crippen molar-refractivity contribution in [2.24, 2.45) is 0 Å². The molecule has 0 spiro atoms. The third kappa shape index (κ3) is 3.97. The van der Waals surface area contributed by atoms with Crippen molar-refractivity contribution in [3.05, 3.63) is 105 Å². The Morgan fingerprint density at radius 3 is 2.51 bits per heavy atom. The van der Waals surface area contributed by atoms with Crippen molar-refractivity contribution in [1.29, 1.82) is 0 Å². The van der Waals surface area contributed by atoms with Gasteiger partial charge in [0.15, 0.2) is 9.48 Å². The molecule has 8 heteroatoms. The minimum absolute atomic E-state index is 0.232. The van der Waals surface area contributed by atoms with E-state index in [1.54, 1.807) is 12.4 Å². The zero-order valence-electron chi connectivity index (χ0n) is 18.6. The molecular weight excluding hydrogens is 553 g/mol. The molecule has 3 heterocycles. The van der Waals surface area contributed by atoms with Crippen LogP contribution in [0.2, 0.25) is 0 Å². The van der Waals surface area contributed by atoms with Crippen molar-refractivity contribution in [3.8, 4) is 11.4 Å². The molecule has 0 aliphatic heterocycles. The van der Waals surface area contributed by atoms with E-state index in [0.717, 1.165) is 27.6 Å². The lowest BCUT2D eigenvalue weighted by Crippen LogP contribution is -2.38. The first-order chi connectivity index (χ1) is 17.1. The fourth-order valence-corrected chi connectivity index (χ4v) is 5.29. The largest absolute Gasteiger partial charge is 0.460 e. The number of benzene rings is 2. The SMILES string of the molecule is O=C(OCc1ccccc1)C1(c2ccnc(-c3nc(I)nc4[nH]ncc34)c2)Cc2ccccc2C1. The second-order valence-corrected chi connectivity index (χ2v) is 9.63. The quantitative estimate of drug-likeness (QED) is 0.185. The van der Waals surface area contributed by atoms with Crippen LogP contribution in [0.5, 0.6) is 0 Å². The Kier molecular flexibility index (Phi) is 5.52. The van der Waals surface area contributed by atoms with Crippen molar-refractivity contribution in [2.75, 3.05) is 0 Å². The molecule has 0 atom stereocenters. The maximum atomic E-state index is 13.8. The van der Waals surface area contributed by atoms with Gasteiger partial charge in [-0.25, -0.2) is 9.97 Å². The summed E-state index contributed by atoms with van der Waals surface area (Å²) >= 11 is 2.08. The van der Waals surface area contributed by atoms with Crippen molar-refractivity contribution in [3.63, 3.8) is 0 Å². The Labute approximate surface area is 215 Å². The molecule has 0 saturated carbocycles. The van der Waals surface area contributed by atoms with E-state index < -0.39 is 5.41 Å². The van der Waals surface area contributed by atoms with Gasteiger partial charge in [-0.15, -0.1) is 0 Å². The van der Waals surface area contributed by atoms with Gasteiger partial charge in [-0.2, -0.15) is 5.10 Å². The molecule has 2 aromatic carbocycles. The highest BCUT2D eigenvalue weighted by atomic mass is 127. The number of ether oxygens (including phenoxy) is 1. The van der Waals surface area contributed by atoms with E-state index in [-0.39, 0.29) is 12.6 Å². The molecule has 1 aliphatic rings. The van der Waals surface area contributed by atoms with Crippen LogP contribution < -0.4 is 0 Å². The van der Waals surface area contributed by atoms with Gasteiger partial charge in [-0.05, 0) is 47.2 Å². The van der Waals surface area contributed by atoms with Crippen LogP contribution >= 0.6 is 22.6 Å². The van der Waals surface area contributed by atoms with Crippen molar-refractivity contribution < 1.29 is 9.53 Å². The molecule has 6 rings (SSSR count). The van der Waals surface area contributed by atoms with Crippen molar-refractivity contribution in [1.82, 2.24) is 25.1 Å². The summed E-state index contributed by atoms with van der Waals surface area (Å²) in [6, 6.07) is 21.8. The standard InChI is InChI=1S/C27H20IN5O2/c28-26-31-23(21-15-30-33-24(21)32-26)22-12-20(10-11-29-22)27(13-18-8-4-5-9-19(18)14-27)25(34)35-16-17-6-2-1-3-7-17/h1-12,15H,13-14,16H2,(H,30,31,32,33). The van der Waals surface area contributed by atoms with Gasteiger partial charge in [0.2, 0.25) is 0 Å². The van der Waals surface area contributed by atoms with Crippen LogP contribution in [-0.4, -0.2) is 31.1 Å². The highest BCUT2D eigenvalue weighted by Gasteiger charge is 2.47. The number of hydrogen-bond donors (Lipinski definition) is 1. The number of fused-ring (bicyclic) bond motifs is 2. The van der Waals surface area contributed by atoms with Crippen LogP contribution in [0.15, 0.2) is 79.1 Å². The number of carbonyl (C=O) groups excluding carboxylic acids is 1. The van der Waals surface area contributed by atoms with E-state index in [2.05, 4.69) is 59.9 Å². The molecule has 3 aromatic heterocycles. The number of pyridine rings is 1. The van der Waals surface area contributed by atoms with Gasteiger partial charge in [0.05, 0.1) is 17.3 Å². The van der Waals surface area contributed by atoms with E-state index in [4.69, 9.17) is 4.74 Å². The predicted octanol–water partition coefficient (Wildman–Crippen LogP) is 4.80. The first kappa shape index (κ1) is 21.8. The molecule has 0 unspecified atom stereocenters. The molecular formula is C27H20IN5O2. The van der Waals surface area contributed by atoms with Gasteiger partial charge < -0.3 is 4.74 Å². The molecule has 0 fully saturated rings. The molecule has 1 aliphatic carbocycles. The second kappa shape index (κ2) is 8.84. The molecule has 0 amide bonds. The lowest BCUT2D eigenvalue weighted by atomic mass is 9.77. The second-order valence-electron chi connectivity index (χ2n) is 8.67. The van der Waals surface area contributed by atoms with Crippen LogP contribution in [0.4, 0.5) is 0 Å². The number of nitrogens with zero attached hydrogens (tertiary/aromatic N) is 4. The molecule has 172 valence electrons. The summed E-state index contributed by atoms with van der Waals surface area (Å²) in [7, 11) is 0. The molecule has 0 bridgehead atoms. The van der Waals surface area contributed by atoms with Gasteiger partial charge in [0, 0.05) is 28.8 Å². The van der Waals surface area contributed by atoms with E-state index in [1.807, 2.05) is 54.6 Å². The van der Waals surface area contributed by atoms with Crippen LogP contribution in [0.25, 0.3) is 22.4 Å². The third-order valence-corrected chi connectivity index (χ3v) is 7.03.